The highest BCUT2D eigenvalue weighted by Crippen LogP contribution is 2.27. The van der Waals surface area contributed by atoms with Gasteiger partial charge in [0.2, 0.25) is 0 Å². The maximum atomic E-state index is 6.01. The second kappa shape index (κ2) is 7.57. The number of benzene rings is 3. The van der Waals surface area contributed by atoms with E-state index < -0.39 is 0 Å². The molecule has 5 heteroatoms. The van der Waals surface area contributed by atoms with Gasteiger partial charge in [-0.3, -0.25) is 5.43 Å². The molecule has 3 aromatic rings. The van der Waals surface area contributed by atoms with Crippen molar-refractivity contribution in [3.05, 3.63) is 77.9 Å². The van der Waals surface area contributed by atoms with Gasteiger partial charge >= 0.3 is 0 Å². The van der Waals surface area contributed by atoms with Crippen LogP contribution in [0.15, 0.2) is 71.8 Å². The average Bonchev–Trinajstić information content (AvgIpc) is 2.61. The SMILES string of the molecule is NC(=S)N/N=C\c1c(OCc2ccccc2)ccc2ccccc12. The summed E-state index contributed by atoms with van der Waals surface area (Å²) in [4.78, 5) is 0. The largest absolute Gasteiger partial charge is 0.488 e. The maximum absolute atomic E-state index is 6.01. The van der Waals surface area contributed by atoms with Gasteiger partial charge in [-0.25, -0.2) is 0 Å². The molecule has 0 bridgehead atoms. The standard InChI is InChI=1S/C19H17N3OS/c20-19(24)22-21-12-17-16-9-5-4-8-15(16)10-11-18(17)23-13-14-6-2-1-3-7-14/h1-12H,13H2,(H3,20,22,24)/b21-12-. The lowest BCUT2D eigenvalue weighted by Crippen LogP contribution is -2.24. The Balaban J connectivity index is 1.93. The fourth-order valence-electron chi connectivity index (χ4n) is 2.43. The first-order chi connectivity index (χ1) is 11.7. The van der Waals surface area contributed by atoms with Gasteiger partial charge in [-0.05, 0) is 34.6 Å². The third kappa shape index (κ3) is 3.88. The summed E-state index contributed by atoms with van der Waals surface area (Å²) < 4.78 is 6.01. The number of rotatable bonds is 5. The fraction of sp³-hybridized carbons (Fsp3) is 0.0526. The Kier molecular flexibility index (Phi) is 5.03. The minimum Gasteiger partial charge on any atom is -0.488 e. The highest BCUT2D eigenvalue weighted by atomic mass is 32.1. The molecular formula is C19H17N3OS. The third-order valence-electron chi connectivity index (χ3n) is 3.54. The highest BCUT2D eigenvalue weighted by Gasteiger charge is 2.07. The second-order valence-electron chi connectivity index (χ2n) is 5.21. The van der Waals surface area contributed by atoms with Gasteiger partial charge in [0.1, 0.15) is 12.4 Å². The van der Waals surface area contributed by atoms with E-state index in [9.17, 15) is 0 Å². The summed E-state index contributed by atoms with van der Waals surface area (Å²) in [7, 11) is 0. The summed E-state index contributed by atoms with van der Waals surface area (Å²) >= 11 is 4.78. The zero-order valence-corrected chi connectivity index (χ0v) is 13.8. The molecule has 0 aliphatic carbocycles. The van der Waals surface area contributed by atoms with Gasteiger partial charge in [0, 0.05) is 5.56 Å². The number of nitrogens with two attached hydrogens (primary N) is 1. The van der Waals surface area contributed by atoms with E-state index in [4.69, 9.17) is 22.7 Å². The molecule has 3 rings (SSSR count). The molecule has 0 saturated carbocycles. The summed E-state index contributed by atoms with van der Waals surface area (Å²) in [5, 5.41) is 6.37. The van der Waals surface area contributed by atoms with Gasteiger partial charge in [-0.15, -0.1) is 0 Å². The van der Waals surface area contributed by atoms with Gasteiger partial charge in [0.15, 0.2) is 5.11 Å². The van der Waals surface area contributed by atoms with Crippen LogP contribution in [0.25, 0.3) is 10.8 Å². The van der Waals surface area contributed by atoms with Crippen molar-refractivity contribution in [3.8, 4) is 5.75 Å². The van der Waals surface area contributed by atoms with Crippen LogP contribution in [0.4, 0.5) is 0 Å². The number of hydrazone groups is 1. The molecule has 0 amide bonds. The summed E-state index contributed by atoms with van der Waals surface area (Å²) in [5.41, 5.74) is 9.99. The molecule has 0 fully saturated rings. The Morgan fingerprint density at radius 2 is 1.79 bits per heavy atom. The average molecular weight is 335 g/mol. The van der Waals surface area contributed by atoms with Crippen LogP contribution in [0.1, 0.15) is 11.1 Å². The quantitative estimate of drug-likeness (QED) is 0.425. The Morgan fingerprint density at radius 3 is 2.58 bits per heavy atom. The van der Waals surface area contributed by atoms with Crippen LogP contribution in [-0.4, -0.2) is 11.3 Å². The molecule has 0 atom stereocenters. The lowest BCUT2D eigenvalue weighted by atomic mass is 10.0. The van der Waals surface area contributed by atoms with Gasteiger partial charge in [0.25, 0.3) is 0 Å². The first-order valence-electron chi connectivity index (χ1n) is 7.51. The van der Waals surface area contributed by atoms with E-state index in [2.05, 4.69) is 16.6 Å². The van der Waals surface area contributed by atoms with Crippen molar-refractivity contribution < 1.29 is 4.74 Å². The maximum Gasteiger partial charge on any atom is 0.184 e. The lowest BCUT2D eigenvalue weighted by molar-refractivity contribution is 0.306. The van der Waals surface area contributed by atoms with Crippen LogP contribution in [0.3, 0.4) is 0 Å². The molecule has 0 aromatic heterocycles. The normalized spacial score (nSPS) is 10.8. The fourth-order valence-corrected chi connectivity index (χ4v) is 2.48. The number of thiocarbonyl (C=S) groups is 1. The highest BCUT2D eigenvalue weighted by molar-refractivity contribution is 7.80. The van der Waals surface area contributed by atoms with Crippen LogP contribution in [0.2, 0.25) is 0 Å². The Labute approximate surface area is 145 Å². The zero-order chi connectivity index (χ0) is 16.8. The second-order valence-corrected chi connectivity index (χ2v) is 5.65. The first-order valence-corrected chi connectivity index (χ1v) is 7.92. The minimum absolute atomic E-state index is 0.123. The number of nitrogens with zero attached hydrogens (tertiary/aromatic N) is 1. The number of nitrogens with one attached hydrogen (secondary N) is 1. The van der Waals surface area contributed by atoms with Crippen LogP contribution in [0.5, 0.6) is 5.75 Å². The predicted molar refractivity (Wildman–Crippen MR) is 102 cm³/mol. The van der Waals surface area contributed by atoms with Gasteiger partial charge in [0.05, 0.1) is 6.21 Å². The van der Waals surface area contributed by atoms with Gasteiger partial charge in [-0.2, -0.15) is 5.10 Å². The Bertz CT molecular complexity index is 878. The Hall–Kier alpha value is -2.92. The molecule has 3 aromatic carbocycles. The van der Waals surface area contributed by atoms with Crippen LogP contribution >= 0.6 is 12.2 Å². The number of hydrogen-bond acceptors (Lipinski definition) is 3. The van der Waals surface area contributed by atoms with Crippen LogP contribution in [-0.2, 0) is 6.61 Å². The monoisotopic (exact) mass is 335 g/mol. The summed E-state index contributed by atoms with van der Waals surface area (Å²) in [5.74, 6) is 0.756. The zero-order valence-electron chi connectivity index (χ0n) is 13.0. The van der Waals surface area contributed by atoms with Crippen LogP contribution < -0.4 is 15.9 Å². The molecule has 0 radical (unpaired) electrons. The van der Waals surface area contributed by atoms with E-state index in [1.807, 2.05) is 60.7 Å². The van der Waals surface area contributed by atoms with Crippen molar-refractivity contribution in [3.63, 3.8) is 0 Å². The molecule has 4 nitrogen and oxygen atoms in total. The number of ether oxygens (including phenoxy) is 1. The van der Waals surface area contributed by atoms with E-state index in [1.54, 1.807) is 6.21 Å². The molecule has 0 aliphatic heterocycles. The molecule has 3 N–H and O–H groups in total. The Morgan fingerprint density at radius 1 is 1.04 bits per heavy atom. The summed E-state index contributed by atoms with van der Waals surface area (Å²) in [6.07, 6.45) is 1.68. The lowest BCUT2D eigenvalue weighted by Gasteiger charge is -2.12. The van der Waals surface area contributed by atoms with Gasteiger partial charge < -0.3 is 10.5 Å². The summed E-state index contributed by atoms with van der Waals surface area (Å²) in [6.45, 7) is 0.489. The van der Waals surface area contributed by atoms with Crippen molar-refractivity contribution >= 4 is 34.3 Å². The van der Waals surface area contributed by atoms with Crippen molar-refractivity contribution in [1.82, 2.24) is 5.43 Å². The minimum atomic E-state index is 0.123. The molecule has 0 spiro atoms. The van der Waals surface area contributed by atoms with E-state index in [1.165, 1.54) is 0 Å². The van der Waals surface area contributed by atoms with Crippen LogP contribution in [0, 0.1) is 0 Å². The van der Waals surface area contributed by atoms with E-state index in [-0.39, 0.29) is 5.11 Å². The smallest absolute Gasteiger partial charge is 0.184 e. The number of hydrogen-bond donors (Lipinski definition) is 2. The van der Waals surface area contributed by atoms with Crippen molar-refractivity contribution in [2.24, 2.45) is 10.8 Å². The molecule has 0 aliphatic rings. The molecule has 0 saturated heterocycles. The molecule has 24 heavy (non-hydrogen) atoms. The van der Waals surface area contributed by atoms with Crippen molar-refractivity contribution in [2.75, 3.05) is 0 Å². The van der Waals surface area contributed by atoms with Crippen molar-refractivity contribution in [1.29, 1.82) is 0 Å². The summed E-state index contributed by atoms with van der Waals surface area (Å²) in [6, 6.07) is 22.1. The molecule has 120 valence electrons. The molecule has 0 heterocycles. The van der Waals surface area contributed by atoms with Crippen molar-refractivity contribution in [2.45, 2.75) is 6.61 Å². The van der Waals surface area contributed by atoms with E-state index in [0.717, 1.165) is 27.6 Å². The third-order valence-corrected chi connectivity index (χ3v) is 3.63. The molecule has 0 unspecified atom stereocenters. The molecular weight excluding hydrogens is 318 g/mol. The van der Waals surface area contributed by atoms with E-state index >= 15 is 0 Å². The van der Waals surface area contributed by atoms with E-state index in [0.29, 0.717) is 6.61 Å². The van der Waals surface area contributed by atoms with Gasteiger partial charge in [-0.1, -0.05) is 60.7 Å². The topological polar surface area (TPSA) is 59.6 Å². The first kappa shape index (κ1) is 16.0. The number of fused-ring (bicyclic) bond motifs is 1. The predicted octanol–water partition coefficient (Wildman–Crippen LogP) is 3.59.